The molecule has 2 aromatic rings. The summed E-state index contributed by atoms with van der Waals surface area (Å²) in [5.41, 5.74) is 1.24. The molecule has 3 nitrogen and oxygen atoms in total. The van der Waals surface area contributed by atoms with E-state index >= 15 is 0 Å². The van der Waals surface area contributed by atoms with Crippen LogP contribution in [0.1, 0.15) is 44.3 Å². The molecule has 4 bridgehead atoms. The van der Waals surface area contributed by atoms with Crippen molar-refractivity contribution in [1.29, 1.82) is 0 Å². The normalized spacial score (nSPS) is 34.0. The van der Waals surface area contributed by atoms with Gasteiger partial charge in [-0.25, -0.2) is 0 Å². The number of hydrogen-bond donors (Lipinski definition) is 0. The average molecular weight is 362 g/mol. The van der Waals surface area contributed by atoms with Crippen LogP contribution in [0.15, 0.2) is 18.2 Å². The Morgan fingerprint density at radius 2 is 1.58 bits per heavy atom. The van der Waals surface area contributed by atoms with Crippen LogP contribution in [0.25, 0.3) is 11.4 Å². The molecule has 0 unspecified atom stereocenters. The Bertz CT molecular complexity index is 776. The minimum Gasteiger partial charge on any atom is -0.314 e. The summed E-state index contributed by atoms with van der Waals surface area (Å²) in [6, 6.07) is 5.69. The first kappa shape index (κ1) is 15.2. The van der Waals surface area contributed by atoms with Gasteiger partial charge in [0.2, 0.25) is 0 Å². The van der Waals surface area contributed by atoms with Crippen LogP contribution in [0.3, 0.4) is 0 Å². The van der Waals surface area contributed by atoms with E-state index in [2.05, 4.69) is 21.8 Å². The summed E-state index contributed by atoms with van der Waals surface area (Å²) in [6.07, 6.45) is 8.22. The van der Waals surface area contributed by atoms with Crippen LogP contribution >= 0.6 is 23.2 Å². The van der Waals surface area contributed by atoms with Crippen LogP contribution in [0.4, 0.5) is 0 Å². The fourth-order valence-electron chi connectivity index (χ4n) is 6.06. The molecule has 0 atom stereocenters. The Kier molecular flexibility index (Phi) is 3.31. The maximum atomic E-state index is 6.19. The molecular formula is C19H21Cl2N3. The molecule has 126 valence electrons. The van der Waals surface area contributed by atoms with Crippen molar-refractivity contribution in [1.82, 2.24) is 14.8 Å². The minimum absolute atomic E-state index is 0.255. The largest absolute Gasteiger partial charge is 0.314 e. The summed E-state index contributed by atoms with van der Waals surface area (Å²) in [4.78, 5) is 0. The predicted molar refractivity (Wildman–Crippen MR) is 96.3 cm³/mol. The Morgan fingerprint density at radius 1 is 0.958 bits per heavy atom. The fraction of sp³-hybridized carbons (Fsp3) is 0.579. The number of nitrogens with zero attached hydrogens (tertiary/aromatic N) is 3. The number of benzene rings is 1. The summed E-state index contributed by atoms with van der Waals surface area (Å²) >= 11 is 12.2. The highest BCUT2D eigenvalue weighted by Crippen LogP contribution is 2.60. The van der Waals surface area contributed by atoms with Crippen LogP contribution in [-0.2, 0) is 12.5 Å². The number of rotatable bonds is 2. The van der Waals surface area contributed by atoms with E-state index in [-0.39, 0.29) is 5.41 Å². The highest BCUT2D eigenvalue weighted by atomic mass is 35.5. The van der Waals surface area contributed by atoms with Crippen molar-refractivity contribution in [2.75, 3.05) is 0 Å². The van der Waals surface area contributed by atoms with Crippen molar-refractivity contribution < 1.29 is 0 Å². The zero-order valence-electron chi connectivity index (χ0n) is 13.8. The quantitative estimate of drug-likeness (QED) is 0.730. The lowest BCUT2D eigenvalue weighted by atomic mass is 9.49. The van der Waals surface area contributed by atoms with Gasteiger partial charge in [0, 0.05) is 18.0 Å². The third kappa shape index (κ3) is 2.17. The molecule has 1 aromatic carbocycles. The molecule has 24 heavy (non-hydrogen) atoms. The van der Waals surface area contributed by atoms with E-state index in [0.717, 1.165) is 29.1 Å². The lowest BCUT2D eigenvalue weighted by molar-refractivity contribution is -0.0107. The molecular weight excluding hydrogens is 341 g/mol. The SMILES string of the molecule is Cn1c(-c2ccc(Cl)c(Cl)c2)nnc1C12CC3CC(CC(C3)C1)C2. The van der Waals surface area contributed by atoms with Crippen LogP contribution in [0, 0.1) is 17.8 Å². The number of hydrogen-bond acceptors (Lipinski definition) is 2. The Balaban J connectivity index is 1.56. The van der Waals surface area contributed by atoms with Crippen LogP contribution < -0.4 is 0 Å². The van der Waals surface area contributed by atoms with Crippen molar-refractivity contribution in [3.63, 3.8) is 0 Å². The van der Waals surface area contributed by atoms with Gasteiger partial charge in [0.25, 0.3) is 0 Å². The first-order valence-electron chi connectivity index (χ1n) is 8.89. The molecule has 0 N–H and O–H groups in total. The summed E-state index contributed by atoms with van der Waals surface area (Å²) in [5, 5.41) is 10.3. The van der Waals surface area contributed by atoms with Gasteiger partial charge in [0.15, 0.2) is 5.82 Å². The molecule has 0 amide bonds. The van der Waals surface area contributed by atoms with Crippen LogP contribution in [-0.4, -0.2) is 14.8 Å². The molecule has 4 saturated carbocycles. The zero-order chi connectivity index (χ0) is 16.5. The first-order chi connectivity index (χ1) is 11.5. The van der Waals surface area contributed by atoms with Crippen LogP contribution in [0.2, 0.25) is 10.0 Å². The van der Waals surface area contributed by atoms with E-state index in [9.17, 15) is 0 Å². The molecule has 0 spiro atoms. The van der Waals surface area contributed by atoms with E-state index < -0.39 is 0 Å². The molecule has 6 rings (SSSR count). The smallest absolute Gasteiger partial charge is 0.163 e. The number of halogens is 2. The van der Waals surface area contributed by atoms with Crippen molar-refractivity contribution in [2.45, 2.75) is 43.9 Å². The Hall–Kier alpha value is -1.06. The van der Waals surface area contributed by atoms with Gasteiger partial charge in [-0.1, -0.05) is 23.2 Å². The van der Waals surface area contributed by atoms with Crippen molar-refractivity contribution in [3.05, 3.63) is 34.1 Å². The molecule has 0 aliphatic heterocycles. The van der Waals surface area contributed by atoms with E-state index in [4.69, 9.17) is 23.2 Å². The topological polar surface area (TPSA) is 30.7 Å². The minimum atomic E-state index is 0.255. The van der Waals surface area contributed by atoms with Gasteiger partial charge >= 0.3 is 0 Å². The molecule has 1 heterocycles. The number of aromatic nitrogens is 3. The lowest BCUT2D eigenvalue weighted by Crippen LogP contribution is -2.49. The fourth-order valence-corrected chi connectivity index (χ4v) is 6.36. The maximum absolute atomic E-state index is 6.19. The molecule has 1 aromatic heterocycles. The van der Waals surface area contributed by atoms with Gasteiger partial charge in [0.05, 0.1) is 10.0 Å². The molecule has 0 saturated heterocycles. The maximum Gasteiger partial charge on any atom is 0.163 e. The first-order valence-corrected chi connectivity index (χ1v) is 9.65. The molecule has 5 heteroatoms. The molecule has 4 fully saturated rings. The summed E-state index contributed by atoms with van der Waals surface area (Å²) < 4.78 is 2.20. The lowest BCUT2D eigenvalue weighted by Gasteiger charge is -2.56. The van der Waals surface area contributed by atoms with E-state index in [1.54, 1.807) is 0 Å². The van der Waals surface area contributed by atoms with Crippen molar-refractivity contribution in [2.24, 2.45) is 24.8 Å². The van der Waals surface area contributed by atoms with E-state index in [1.807, 2.05) is 18.2 Å². The molecule has 0 radical (unpaired) electrons. The zero-order valence-corrected chi connectivity index (χ0v) is 15.3. The van der Waals surface area contributed by atoms with Gasteiger partial charge in [-0.05, 0) is 74.5 Å². The average Bonchev–Trinajstić information content (AvgIpc) is 2.91. The molecule has 4 aliphatic rings. The third-order valence-corrected chi connectivity index (χ3v) is 7.30. The third-order valence-electron chi connectivity index (χ3n) is 6.57. The van der Waals surface area contributed by atoms with Gasteiger partial charge in [-0.3, -0.25) is 0 Å². The Morgan fingerprint density at radius 3 is 2.17 bits per heavy atom. The van der Waals surface area contributed by atoms with Gasteiger partial charge in [-0.2, -0.15) is 0 Å². The summed E-state index contributed by atoms with van der Waals surface area (Å²) in [6.45, 7) is 0. The monoisotopic (exact) mass is 361 g/mol. The van der Waals surface area contributed by atoms with Crippen molar-refractivity contribution in [3.8, 4) is 11.4 Å². The van der Waals surface area contributed by atoms with E-state index in [1.165, 1.54) is 44.3 Å². The summed E-state index contributed by atoms with van der Waals surface area (Å²) in [7, 11) is 2.10. The van der Waals surface area contributed by atoms with Gasteiger partial charge < -0.3 is 4.57 Å². The second-order valence-corrected chi connectivity index (χ2v) is 9.05. The second-order valence-electron chi connectivity index (χ2n) is 8.23. The molecule has 4 aliphatic carbocycles. The summed E-state index contributed by atoms with van der Waals surface area (Å²) in [5.74, 6) is 4.78. The Labute approximate surface area is 152 Å². The highest BCUT2D eigenvalue weighted by molar-refractivity contribution is 6.42. The van der Waals surface area contributed by atoms with Gasteiger partial charge in [-0.15, -0.1) is 10.2 Å². The van der Waals surface area contributed by atoms with Crippen LogP contribution in [0.5, 0.6) is 0 Å². The second kappa shape index (κ2) is 5.22. The highest BCUT2D eigenvalue weighted by Gasteiger charge is 2.53. The van der Waals surface area contributed by atoms with Crippen molar-refractivity contribution >= 4 is 23.2 Å². The predicted octanol–water partition coefficient (Wildman–Crippen LogP) is 5.26. The van der Waals surface area contributed by atoms with E-state index in [0.29, 0.717) is 10.0 Å². The standard InChI is InChI=1S/C19H21Cl2N3/c1-24-17(14-2-3-15(20)16(21)7-14)22-23-18(24)19-8-11-4-12(9-19)6-13(5-11)10-19/h2-3,7,11-13H,4-6,8-10H2,1H3. The van der Waals surface area contributed by atoms with Gasteiger partial charge in [0.1, 0.15) is 5.82 Å².